The number of hydrogen-bond donors (Lipinski definition) is 1. The van der Waals surface area contributed by atoms with Crippen molar-refractivity contribution >= 4 is 0 Å². The van der Waals surface area contributed by atoms with Crippen LogP contribution in [0.5, 0.6) is 5.75 Å². The van der Waals surface area contributed by atoms with E-state index in [0.29, 0.717) is 5.75 Å². The average molecular weight is 212 g/mol. The quantitative estimate of drug-likeness (QED) is 0.758. The van der Waals surface area contributed by atoms with Gasteiger partial charge in [-0.25, -0.2) is 0 Å². The van der Waals surface area contributed by atoms with Crippen LogP contribution in [0.15, 0.2) is 36.4 Å². The molecule has 0 fully saturated rings. The van der Waals surface area contributed by atoms with Crippen molar-refractivity contribution < 1.29 is 5.11 Å². The second kappa shape index (κ2) is 4.01. The molecule has 16 heavy (non-hydrogen) atoms. The van der Waals surface area contributed by atoms with Gasteiger partial charge in [0.15, 0.2) is 0 Å². The van der Waals surface area contributed by atoms with Crippen LogP contribution < -0.4 is 0 Å². The highest BCUT2D eigenvalue weighted by molar-refractivity contribution is 5.74. The summed E-state index contributed by atoms with van der Waals surface area (Å²) in [5.74, 6) is 0.347. The summed E-state index contributed by atoms with van der Waals surface area (Å²) in [6.45, 7) is 6.17. The Hall–Kier alpha value is -1.76. The van der Waals surface area contributed by atoms with Gasteiger partial charge in [-0.3, -0.25) is 0 Å². The lowest BCUT2D eigenvalue weighted by molar-refractivity contribution is 0.477. The Labute approximate surface area is 96.4 Å². The number of phenols is 1. The molecule has 1 N–H and O–H groups in total. The maximum Gasteiger partial charge on any atom is 0.123 e. The van der Waals surface area contributed by atoms with Crippen molar-refractivity contribution in [1.29, 1.82) is 0 Å². The van der Waals surface area contributed by atoms with Crippen LogP contribution in [0.1, 0.15) is 16.7 Å². The number of benzene rings is 2. The van der Waals surface area contributed by atoms with Gasteiger partial charge in [-0.15, -0.1) is 0 Å². The second-order valence-corrected chi connectivity index (χ2v) is 4.34. The molecule has 0 aromatic heterocycles. The summed E-state index contributed by atoms with van der Waals surface area (Å²) in [6.07, 6.45) is 0. The van der Waals surface area contributed by atoms with Crippen molar-refractivity contribution in [2.24, 2.45) is 0 Å². The number of hydrogen-bond acceptors (Lipinski definition) is 1. The number of phenolic OH excluding ortho intramolecular Hbond substituents is 1. The molecule has 1 heteroatoms. The van der Waals surface area contributed by atoms with Crippen molar-refractivity contribution in [3.63, 3.8) is 0 Å². The highest BCUT2D eigenvalue weighted by atomic mass is 16.3. The second-order valence-electron chi connectivity index (χ2n) is 4.34. The Kier molecular flexibility index (Phi) is 2.69. The van der Waals surface area contributed by atoms with Gasteiger partial charge in [0, 0.05) is 5.56 Å². The summed E-state index contributed by atoms with van der Waals surface area (Å²) in [5.41, 5.74) is 5.59. The lowest BCUT2D eigenvalue weighted by Gasteiger charge is -2.10. The van der Waals surface area contributed by atoms with Gasteiger partial charge in [0.25, 0.3) is 0 Å². The fourth-order valence-corrected chi connectivity index (χ4v) is 1.89. The van der Waals surface area contributed by atoms with Crippen molar-refractivity contribution in [1.82, 2.24) is 0 Å². The minimum absolute atomic E-state index is 0.347. The van der Waals surface area contributed by atoms with Crippen LogP contribution in [0.3, 0.4) is 0 Å². The largest absolute Gasteiger partial charge is 0.507 e. The Morgan fingerprint density at radius 2 is 1.31 bits per heavy atom. The molecule has 0 saturated heterocycles. The summed E-state index contributed by atoms with van der Waals surface area (Å²) in [6, 6.07) is 12.0. The van der Waals surface area contributed by atoms with Gasteiger partial charge in [-0.05, 0) is 44.0 Å². The molecule has 1 nitrogen and oxygen atoms in total. The maximum atomic E-state index is 9.90. The zero-order valence-corrected chi connectivity index (χ0v) is 9.91. The van der Waals surface area contributed by atoms with Gasteiger partial charge >= 0.3 is 0 Å². The predicted molar refractivity (Wildman–Crippen MR) is 67.8 cm³/mol. The minimum Gasteiger partial charge on any atom is -0.507 e. The first-order chi connectivity index (χ1) is 7.58. The molecule has 0 aliphatic rings. The summed E-state index contributed by atoms with van der Waals surface area (Å²) in [5, 5.41) is 9.90. The number of aryl methyl sites for hydroxylation is 3. The molecule has 0 heterocycles. The molecule has 2 aromatic carbocycles. The van der Waals surface area contributed by atoms with Gasteiger partial charge in [0.2, 0.25) is 0 Å². The van der Waals surface area contributed by atoms with Crippen LogP contribution in [-0.4, -0.2) is 5.11 Å². The SMILES string of the molecule is Cc1ccc(C)c(-c2cc(C)ccc2O)c1. The van der Waals surface area contributed by atoms with E-state index < -0.39 is 0 Å². The lowest BCUT2D eigenvalue weighted by Crippen LogP contribution is -1.86. The molecule has 0 unspecified atom stereocenters. The van der Waals surface area contributed by atoms with Crippen LogP contribution in [0.25, 0.3) is 11.1 Å². The van der Waals surface area contributed by atoms with E-state index in [1.54, 1.807) is 6.07 Å². The van der Waals surface area contributed by atoms with Crippen LogP contribution >= 0.6 is 0 Å². The van der Waals surface area contributed by atoms with Crippen molar-refractivity contribution in [3.8, 4) is 16.9 Å². The standard InChI is InChI=1S/C15H16O/c1-10-4-6-12(3)13(8-10)14-9-11(2)5-7-15(14)16/h4-9,16H,1-3H3. The fraction of sp³-hybridized carbons (Fsp3) is 0.200. The highest BCUT2D eigenvalue weighted by Crippen LogP contribution is 2.32. The molecule has 0 aliphatic carbocycles. The third-order valence-corrected chi connectivity index (χ3v) is 2.84. The Balaban J connectivity index is 2.66. The average Bonchev–Trinajstić information content (AvgIpc) is 2.25. The van der Waals surface area contributed by atoms with Crippen LogP contribution in [0.4, 0.5) is 0 Å². The molecule has 0 spiro atoms. The highest BCUT2D eigenvalue weighted by Gasteiger charge is 2.07. The summed E-state index contributed by atoms with van der Waals surface area (Å²) in [7, 11) is 0. The third kappa shape index (κ3) is 1.94. The molecule has 82 valence electrons. The predicted octanol–water partition coefficient (Wildman–Crippen LogP) is 3.98. The molecule has 2 aromatic rings. The van der Waals surface area contributed by atoms with E-state index in [9.17, 15) is 5.11 Å². The van der Waals surface area contributed by atoms with Crippen LogP contribution in [-0.2, 0) is 0 Å². The Morgan fingerprint density at radius 3 is 2.00 bits per heavy atom. The first kappa shape index (κ1) is 10.7. The first-order valence-electron chi connectivity index (χ1n) is 5.45. The Morgan fingerprint density at radius 1 is 0.750 bits per heavy atom. The molecule has 2 rings (SSSR count). The fourth-order valence-electron chi connectivity index (χ4n) is 1.89. The first-order valence-corrected chi connectivity index (χ1v) is 5.45. The maximum absolute atomic E-state index is 9.90. The molecule has 0 saturated carbocycles. The summed E-state index contributed by atoms with van der Waals surface area (Å²) >= 11 is 0. The van der Waals surface area contributed by atoms with E-state index in [4.69, 9.17) is 0 Å². The van der Waals surface area contributed by atoms with E-state index in [2.05, 4.69) is 32.0 Å². The van der Waals surface area contributed by atoms with Gasteiger partial charge < -0.3 is 5.11 Å². The van der Waals surface area contributed by atoms with Gasteiger partial charge in [0.1, 0.15) is 5.75 Å². The monoisotopic (exact) mass is 212 g/mol. The van der Waals surface area contributed by atoms with Crippen LogP contribution in [0, 0.1) is 20.8 Å². The molecule has 0 aliphatic heterocycles. The Bertz CT molecular complexity index is 477. The lowest BCUT2D eigenvalue weighted by atomic mass is 9.96. The van der Waals surface area contributed by atoms with Crippen molar-refractivity contribution in [2.75, 3.05) is 0 Å². The zero-order valence-electron chi connectivity index (χ0n) is 9.91. The smallest absolute Gasteiger partial charge is 0.123 e. The topological polar surface area (TPSA) is 20.2 Å². The van der Waals surface area contributed by atoms with E-state index in [1.165, 1.54) is 11.1 Å². The molecule has 0 bridgehead atoms. The normalized spacial score (nSPS) is 10.4. The number of aromatic hydroxyl groups is 1. The number of rotatable bonds is 1. The van der Waals surface area contributed by atoms with E-state index in [0.717, 1.165) is 16.7 Å². The van der Waals surface area contributed by atoms with Crippen molar-refractivity contribution in [3.05, 3.63) is 53.1 Å². The van der Waals surface area contributed by atoms with E-state index in [1.807, 2.05) is 19.1 Å². The van der Waals surface area contributed by atoms with Crippen LogP contribution in [0.2, 0.25) is 0 Å². The molecule has 0 radical (unpaired) electrons. The third-order valence-electron chi connectivity index (χ3n) is 2.84. The summed E-state index contributed by atoms with van der Waals surface area (Å²) in [4.78, 5) is 0. The van der Waals surface area contributed by atoms with E-state index in [-0.39, 0.29) is 0 Å². The molecule has 0 atom stereocenters. The van der Waals surface area contributed by atoms with Crippen molar-refractivity contribution in [2.45, 2.75) is 20.8 Å². The zero-order chi connectivity index (χ0) is 11.7. The molecular weight excluding hydrogens is 196 g/mol. The summed E-state index contributed by atoms with van der Waals surface area (Å²) < 4.78 is 0. The van der Waals surface area contributed by atoms with E-state index >= 15 is 0 Å². The molecular formula is C15H16O. The minimum atomic E-state index is 0.347. The van der Waals surface area contributed by atoms with Gasteiger partial charge in [0.05, 0.1) is 0 Å². The van der Waals surface area contributed by atoms with Gasteiger partial charge in [-0.1, -0.05) is 35.4 Å². The molecule has 0 amide bonds. The van der Waals surface area contributed by atoms with Gasteiger partial charge in [-0.2, -0.15) is 0 Å².